The molecular weight excluding hydrogens is 434 g/mol. The first-order chi connectivity index (χ1) is 14.2. The van der Waals surface area contributed by atoms with E-state index in [9.17, 15) is 8.42 Å². The maximum atomic E-state index is 12.8. The Kier molecular flexibility index (Phi) is 8.43. The van der Waals surface area contributed by atoms with Crippen LogP contribution in [0.25, 0.3) is 0 Å². The second-order valence-corrected chi connectivity index (χ2v) is 8.05. The lowest BCUT2D eigenvalue weighted by Crippen LogP contribution is -2.23. The molecule has 0 bridgehead atoms. The summed E-state index contributed by atoms with van der Waals surface area (Å²) >= 11 is 5.96. The highest BCUT2D eigenvalue weighted by Crippen LogP contribution is 2.31. The van der Waals surface area contributed by atoms with Crippen LogP contribution in [0.2, 0.25) is 5.02 Å². The van der Waals surface area contributed by atoms with Gasteiger partial charge >= 0.3 is 10.1 Å². The summed E-state index contributed by atoms with van der Waals surface area (Å²) in [5, 5.41) is 3.65. The standard InChI is InChI=1S/C19H24ClN3O6S/c1-3-26-17-6-5-14(20)11-18(17)30(24,25)29-16-10-13(2)9-15(12-16)27-7-4-8-28-23-19(21)22/h5-6,9-12H,3-4,7-8H2,1-2H3,(H4,21,22,23). The van der Waals surface area contributed by atoms with Crippen molar-refractivity contribution in [3.8, 4) is 17.2 Å². The van der Waals surface area contributed by atoms with E-state index in [0.29, 0.717) is 25.4 Å². The van der Waals surface area contributed by atoms with Crippen LogP contribution < -0.4 is 25.1 Å². The highest BCUT2D eigenvalue weighted by Gasteiger charge is 2.23. The van der Waals surface area contributed by atoms with Gasteiger partial charge in [0.15, 0.2) is 0 Å². The molecule has 2 rings (SSSR count). The lowest BCUT2D eigenvalue weighted by atomic mass is 10.2. The number of benzene rings is 2. The molecule has 0 atom stereocenters. The number of nitrogens with zero attached hydrogens (tertiary/aromatic N) is 1. The highest BCUT2D eigenvalue weighted by molar-refractivity contribution is 7.87. The Morgan fingerprint density at radius 2 is 1.80 bits per heavy atom. The van der Waals surface area contributed by atoms with Gasteiger partial charge in [0.05, 0.1) is 13.2 Å². The second-order valence-electron chi connectivity index (χ2n) is 6.09. The van der Waals surface area contributed by atoms with Crippen molar-refractivity contribution in [1.82, 2.24) is 0 Å². The van der Waals surface area contributed by atoms with Gasteiger partial charge in [-0.15, -0.1) is 0 Å². The molecule has 0 heterocycles. The molecular formula is C19H24ClN3O6S. The molecule has 4 N–H and O–H groups in total. The van der Waals surface area contributed by atoms with Gasteiger partial charge < -0.3 is 30.0 Å². The van der Waals surface area contributed by atoms with E-state index >= 15 is 0 Å². The van der Waals surface area contributed by atoms with E-state index in [1.165, 1.54) is 18.2 Å². The SMILES string of the molecule is CCOc1ccc(Cl)cc1S(=O)(=O)Oc1cc(C)cc(OCCCON=C(N)N)c1. The van der Waals surface area contributed by atoms with Crippen LogP contribution in [-0.2, 0) is 15.0 Å². The van der Waals surface area contributed by atoms with Gasteiger partial charge in [0.1, 0.15) is 28.8 Å². The van der Waals surface area contributed by atoms with Gasteiger partial charge in [-0.05, 0) is 54.9 Å². The molecule has 0 aliphatic rings. The first-order valence-corrected chi connectivity index (χ1v) is 10.8. The molecule has 2 aromatic rings. The molecule has 0 spiro atoms. The van der Waals surface area contributed by atoms with Gasteiger partial charge in [0.2, 0.25) is 5.96 Å². The fourth-order valence-corrected chi connectivity index (χ4v) is 3.72. The van der Waals surface area contributed by atoms with Crippen molar-refractivity contribution >= 4 is 27.7 Å². The Bertz CT molecular complexity index is 994. The summed E-state index contributed by atoms with van der Waals surface area (Å²) in [6.07, 6.45) is 0.513. The Hall–Kier alpha value is -2.85. The minimum Gasteiger partial charge on any atom is -0.493 e. The third-order valence-corrected chi connectivity index (χ3v) is 5.03. The molecule has 2 aromatic carbocycles. The maximum Gasteiger partial charge on any atom is 0.342 e. The minimum absolute atomic E-state index is 0.101. The van der Waals surface area contributed by atoms with Crippen LogP contribution in [0.4, 0.5) is 0 Å². The number of nitrogens with two attached hydrogens (primary N) is 2. The van der Waals surface area contributed by atoms with Crippen LogP contribution in [0.5, 0.6) is 17.2 Å². The Balaban J connectivity index is 2.11. The summed E-state index contributed by atoms with van der Waals surface area (Å²) in [6.45, 7) is 4.39. The number of aryl methyl sites for hydroxylation is 1. The molecule has 164 valence electrons. The topological polar surface area (TPSA) is 135 Å². The zero-order valence-corrected chi connectivity index (χ0v) is 18.2. The van der Waals surface area contributed by atoms with E-state index in [1.807, 2.05) is 0 Å². The molecule has 0 radical (unpaired) electrons. The molecule has 9 nitrogen and oxygen atoms in total. The number of hydrogen-bond donors (Lipinski definition) is 2. The summed E-state index contributed by atoms with van der Waals surface area (Å²) in [5.41, 5.74) is 11.1. The normalized spacial score (nSPS) is 10.9. The zero-order chi connectivity index (χ0) is 22.1. The second kappa shape index (κ2) is 10.8. The van der Waals surface area contributed by atoms with Crippen LogP contribution in [0.15, 0.2) is 46.4 Å². The van der Waals surface area contributed by atoms with Gasteiger partial charge in [-0.3, -0.25) is 0 Å². The minimum atomic E-state index is -4.19. The van der Waals surface area contributed by atoms with Crippen LogP contribution in [-0.4, -0.2) is 34.2 Å². The number of ether oxygens (including phenoxy) is 2. The Morgan fingerprint density at radius 1 is 1.07 bits per heavy atom. The van der Waals surface area contributed by atoms with Gasteiger partial charge in [0.25, 0.3) is 0 Å². The predicted octanol–water partition coefficient (Wildman–Crippen LogP) is 2.79. The first kappa shape index (κ1) is 23.4. The zero-order valence-electron chi connectivity index (χ0n) is 16.6. The summed E-state index contributed by atoms with van der Waals surface area (Å²) in [4.78, 5) is 4.71. The number of guanidine groups is 1. The van der Waals surface area contributed by atoms with E-state index in [0.717, 1.165) is 5.56 Å². The van der Waals surface area contributed by atoms with E-state index < -0.39 is 10.1 Å². The highest BCUT2D eigenvalue weighted by atomic mass is 35.5. The quantitative estimate of drug-likeness (QED) is 0.173. The number of rotatable bonds is 11. The van der Waals surface area contributed by atoms with Crippen LogP contribution in [0, 0.1) is 6.92 Å². The third-order valence-electron chi connectivity index (χ3n) is 3.52. The molecule has 0 saturated carbocycles. The van der Waals surface area contributed by atoms with Crippen molar-refractivity contribution in [3.63, 3.8) is 0 Å². The lowest BCUT2D eigenvalue weighted by molar-refractivity contribution is 0.127. The molecule has 0 aliphatic carbocycles. The number of hydrogen-bond acceptors (Lipinski definition) is 7. The third kappa shape index (κ3) is 7.20. The van der Waals surface area contributed by atoms with E-state index in [4.69, 9.17) is 41.6 Å². The van der Waals surface area contributed by atoms with Gasteiger partial charge in [0, 0.05) is 17.5 Å². The van der Waals surface area contributed by atoms with Crippen LogP contribution in [0.3, 0.4) is 0 Å². The molecule has 30 heavy (non-hydrogen) atoms. The first-order valence-electron chi connectivity index (χ1n) is 9.03. The Morgan fingerprint density at radius 3 is 2.50 bits per heavy atom. The molecule has 0 unspecified atom stereocenters. The van der Waals surface area contributed by atoms with Crippen molar-refractivity contribution in [2.45, 2.75) is 25.2 Å². The average molecular weight is 458 g/mol. The van der Waals surface area contributed by atoms with Crippen molar-refractivity contribution in [2.75, 3.05) is 19.8 Å². The van der Waals surface area contributed by atoms with Crippen molar-refractivity contribution in [1.29, 1.82) is 0 Å². The Labute approximate surface area is 180 Å². The largest absolute Gasteiger partial charge is 0.493 e. The van der Waals surface area contributed by atoms with Crippen molar-refractivity contribution in [3.05, 3.63) is 47.0 Å². The van der Waals surface area contributed by atoms with E-state index in [-0.39, 0.29) is 34.0 Å². The van der Waals surface area contributed by atoms with E-state index in [1.54, 1.807) is 32.0 Å². The molecule has 0 amide bonds. The molecule has 0 saturated heterocycles. The predicted molar refractivity (Wildman–Crippen MR) is 113 cm³/mol. The molecule has 0 aromatic heterocycles. The van der Waals surface area contributed by atoms with Gasteiger partial charge in [-0.2, -0.15) is 8.42 Å². The van der Waals surface area contributed by atoms with E-state index in [2.05, 4.69) is 5.16 Å². The summed E-state index contributed by atoms with van der Waals surface area (Å²) in [7, 11) is -4.19. The average Bonchev–Trinajstić information content (AvgIpc) is 2.65. The fourth-order valence-electron chi connectivity index (χ4n) is 2.40. The van der Waals surface area contributed by atoms with Crippen LogP contribution in [0.1, 0.15) is 18.9 Å². The van der Waals surface area contributed by atoms with Gasteiger partial charge in [-0.25, -0.2) is 0 Å². The maximum absolute atomic E-state index is 12.8. The van der Waals surface area contributed by atoms with Crippen molar-refractivity contribution in [2.24, 2.45) is 16.6 Å². The summed E-state index contributed by atoms with van der Waals surface area (Å²) in [6, 6.07) is 9.12. The molecule has 11 heteroatoms. The number of halogens is 1. The smallest absolute Gasteiger partial charge is 0.342 e. The molecule has 0 fully saturated rings. The lowest BCUT2D eigenvalue weighted by Gasteiger charge is -2.13. The van der Waals surface area contributed by atoms with Gasteiger partial charge in [-0.1, -0.05) is 11.6 Å². The monoisotopic (exact) mass is 457 g/mol. The summed E-state index contributed by atoms with van der Waals surface area (Å²) < 4.78 is 41.9. The summed E-state index contributed by atoms with van der Waals surface area (Å²) in [5.74, 6) is 0.541. The number of oxime groups is 1. The van der Waals surface area contributed by atoms with Crippen molar-refractivity contribution < 1.29 is 26.9 Å². The van der Waals surface area contributed by atoms with Crippen LogP contribution >= 0.6 is 11.6 Å². The fraction of sp³-hybridized carbons (Fsp3) is 0.316. The molecule has 0 aliphatic heterocycles.